The number of morpholine rings is 1. The normalized spacial score (nSPS) is 19.9. The van der Waals surface area contributed by atoms with E-state index in [4.69, 9.17) is 16.3 Å². The fourth-order valence-corrected chi connectivity index (χ4v) is 2.18. The van der Waals surface area contributed by atoms with Crippen LogP contribution in [0.25, 0.3) is 0 Å². The quantitative estimate of drug-likeness (QED) is 0.772. The molecule has 1 atom stereocenters. The molecule has 1 aliphatic rings. The molecule has 0 saturated carbocycles. The van der Waals surface area contributed by atoms with Gasteiger partial charge in [-0.05, 0) is 24.6 Å². The maximum atomic E-state index is 13.2. The Morgan fingerprint density at radius 2 is 2.39 bits per heavy atom. The maximum absolute atomic E-state index is 13.2. The number of carbonyl (C=O) groups is 1. The van der Waals surface area contributed by atoms with Gasteiger partial charge in [-0.15, -0.1) is 11.6 Å². The van der Waals surface area contributed by atoms with E-state index < -0.39 is 5.82 Å². The molecule has 0 spiro atoms. The minimum absolute atomic E-state index is 0.141. The van der Waals surface area contributed by atoms with Crippen molar-refractivity contribution in [2.45, 2.75) is 13.0 Å². The average molecular weight is 272 g/mol. The summed E-state index contributed by atoms with van der Waals surface area (Å²) in [5, 5.41) is 0. The standard InChI is InChI=1S/C13H15ClFNO2/c1-9-2-3-10(15)6-12(9)13(17)16-4-5-18-11(7-14)8-16/h2-3,6,11H,4-5,7-8H2,1H3. The van der Waals surface area contributed by atoms with E-state index in [-0.39, 0.29) is 12.0 Å². The van der Waals surface area contributed by atoms with E-state index in [2.05, 4.69) is 0 Å². The fraction of sp³-hybridized carbons (Fsp3) is 0.462. The van der Waals surface area contributed by atoms with Crippen LogP contribution in [0.15, 0.2) is 18.2 Å². The zero-order valence-corrected chi connectivity index (χ0v) is 10.9. The summed E-state index contributed by atoms with van der Waals surface area (Å²) in [6.45, 7) is 3.24. The van der Waals surface area contributed by atoms with E-state index in [1.165, 1.54) is 12.1 Å². The number of hydrogen-bond donors (Lipinski definition) is 0. The Morgan fingerprint density at radius 1 is 1.61 bits per heavy atom. The van der Waals surface area contributed by atoms with Gasteiger partial charge in [-0.25, -0.2) is 4.39 Å². The third-order valence-electron chi connectivity index (χ3n) is 3.03. The summed E-state index contributed by atoms with van der Waals surface area (Å²) in [7, 11) is 0. The molecule has 18 heavy (non-hydrogen) atoms. The number of amides is 1. The molecular weight excluding hydrogens is 257 g/mol. The zero-order chi connectivity index (χ0) is 13.1. The largest absolute Gasteiger partial charge is 0.373 e. The first-order chi connectivity index (χ1) is 8.61. The van der Waals surface area contributed by atoms with Crippen LogP contribution in [0.1, 0.15) is 15.9 Å². The van der Waals surface area contributed by atoms with Crippen molar-refractivity contribution < 1.29 is 13.9 Å². The molecule has 1 aliphatic heterocycles. The predicted molar refractivity (Wildman–Crippen MR) is 67.5 cm³/mol. The van der Waals surface area contributed by atoms with Crippen LogP contribution in [0, 0.1) is 12.7 Å². The molecule has 0 bridgehead atoms. The van der Waals surface area contributed by atoms with Crippen molar-refractivity contribution in [2.24, 2.45) is 0 Å². The Hall–Kier alpha value is -1.13. The Labute approximate surface area is 110 Å². The summed E-state index contributed by atoms with van der Waals surface area (Å²) in [6.07, 6.45) is -0.141. The highest BCUT2D eigenvalue weighted by Crippen LogP contribution is 2.16. The van der Waals surface area contributed by atoms with Gasteiger partial charge in [0, 0.05) is 18.7 Å². The van der Waals surface area contributed by atoms with Gasteiger partial charge < -0.3 is 9.64 Å². The van der Waals surface area contributed by atoms with Gasteiger partial charge in [-0.1, -0.05) is 6.07 Å². The Bertz CT molecular complexity index is 453. The van der Waals surface area contributed by atoms with Crippen molar-refractivity contribution in [1.29, 1.82) is 0 Å². The van der Waals surface area contributed by atoms with Crippen molar-refractivity contribution in [3.8, 4) is 0 Å². The van der Waals surface area contributed by atoms with Gasteiger partial charge in [0.2, 0.25) is 0 Å². The van der Waals surface area contributed by atoms with Crippen molar-refractivity contribution in [3.05, 3.63) is 35.1 Å². The van der Waals surface area contributed by atoms with Gasteiger partial charge in [0.15, 0.2) is 0 Å². The van der Waals surface area contributed by atoms with E-state index in [1.807, 2.05) is 0 Å². The first-order valence-electron chi connectivity index (χ1n) is 5.85. The van der Waals surface area contributed by atoms with Gasteiger partial charge in [-0.2, -0.15) is 0 Å². The van der Waals surface area contributed by atoms with Gasteiger partial charge >= 0.3 is 0 Å². The number of nitrogens with zero attached hydrogens (tertiary/aromatic N) is 1. The number of aryl methyl sites for hydroxylation is 1. The molecule has 0 aromatic heterocycles. The predicted octanol–water partition coefficient (Wildman–Crippen LogP) is 2.21. The molecule has 98 valence electrons. The molecule has 1 heterocycles. The molecule has 1 unspecified atom stereocenters. The number of alkyl halides is 1. The monoisotopic (exact) mass is 271 g/mol. The van der Waals surface area contributed by atoms with Crippen LogP contribution in [-0.2, 0) is 4.74 Å². The molecule has 0 aliphatic carbocycles. The summed E-state index contributed by atoms with van der Waals surface area (Å²) in [6, 6.07) is 4.25. The first-order valence-corrected chi connectivity index (χ1v) is 6.38. The second-order valence-corrected chi connectivity index (χ2v) is 4.67. The summed E-state index contributed by atoms with van der Waals surface area (Å²) in [5.74, 6) is -0.206. The molecule has 1 amide bonds. The van der Waals surface area contributed by atoms with Crippen molar-refractivity contribution >= 4 is 17.5 Å². The summed E-state index contributed by atoms with van der Waals surface area (Å²) in [4.78, 5) is 14.0. The van der Waals surface area contributed by atoms with Crippen LogP contribution in [-0.4, -0.2) is 42.5 Å². The van der Waals surface area contributed by atoms with Crippen LogP contribution >= 0.6 is 11.6 Å². The molecule has 5 heteroatoms. The molecule has 1 saturated heterocycles. The molecular formula is C13H15ClFNO2. The SMILES string of the molecule is Cc1ccc(F)cc1C(=O)N1CCOC(CCl)C1. The molecule has 0 N–H and O–H groups in total. The second-order valence-electron chi connectivity index (χ2n) is 4.36. The lowest BCUT2D eigenvalue weighted by Gasteiger charge is -2.32. The molecule has 1 fully saturated rings. The van der Waals surface area contributed by atoms with E-state index in [0.29, 0.717) is 31.1 Å². The topological polar surface area (TPSA) is 29.5 Å². The second kappa shape index (κ2) is 5.67. The molecule has 0 radical (unpaired) electrons. The average Bonchev–Trinajstić information content (AvgIpc) is 2.41. The van der Waals surface area contributed by atoms with Crippen molar-refractivity contribution in [3.63, 3.8) is 0 Å². The third-order valence-corrected chi connectivity index (χ3v) is 3.37. The zero-order valence-electron chi connectivity index (χ0n) is 10.2. The number of rotatable bonds is 2. The van der Waals surface area contributed by atoms with Crippen LogP contribution in [0.5, 0.6) is 0 Å². The van der Waals surface area contributed by atoms with Gasteiger partial charge in [0.25, 0.3) is 5.91 Å². The van der Waals surface area contributed by atoms with E-state index >= 15 is 0 Å². The summed E-state index contributed by atoms with van der Waals surface area (Å²) >= 11 is 5.73. The van der Waals surface area contributed by atoms with Gasteiger partial charge in [0.1, 0.15) is 5.82 Å². The van der Waals surface area contributed by atoms with Crippen LogP contribution in [0.2, 0.25) is 0 Å². The van der Waals surface area contributed by atoms with Crippen molar-refractivity contribution in [1.82, 2.24) is 4.90 Å². The van der Waals surface area contributed by atoms with E-state index in [1.54, 1.807) is 17.9 Å². The number of hydrogen-bond acceptors (Lipinski definition) is 2. The number of ether oxygens (including phenoxy) is 1. The highest BCUT2D eigenvalue weighted by molar-refractivity contribution is 6.18. The Kier molecular flexibility index (Phi) is 4.19. The maximum Gasteiger partial charge on any atom is 0.254 e. The molecule has 1 aromatic carbocycles. The summed E-state index contributed by atoms with van der Waals surface area (Å²) in [5.41, 5.74) is 1.18. The lowest BCUT2D eigenvalue weighted by molar-refractivity contribution is -0.0108. The first kappa shape index (κ1) is 13.3. The van der Waals surface area contributed by atoms with E-state index in [9.17, 15) is 9.18 Å². The molecule has 3 nitrogen and oxygen atoms in total. The van der Waals surface area contributed by atoms with Crippen LogP contribution in [0.4, 0.5) is 4.39 Å². The third kappa shape index (κ3) is 2.82. The highest BCUT2D eigenvalue weighted by atomic mass is 35.5. The number of benzene rings is 1. The number of halogens is 2. The lowest BCUT2D eigenvalue weighted by atomic mass is 10.1. The Balaban J connectivity index is 2.17. The van der Waals surface area contributed by atoms with E-state index in [0.717, 1.165) is 5.56 Å². The fourth-order valence-electron chi connectivity index (χ4n) is 1.99. The van der Waals surface area contributed by atoms with Crippen LogP contribution in [0.3, 0.4) is 0 Å². The Morgan fingerprint density at radius 3 is 3.11 bits per heavy atom. The van der Waals surface area contributed by atoms with Crippen LogP contribution < -0.4 is 0 Å². The smallest absolute Gasteiger partial charge is 0.254 e. The summed E-state index contributed by atoms with van der Waals surface area (Å²) < 4.78 is 18.6. The minimum Gasteiger partial charge on any atom is -0.373 e. The van der Waals surface area contributed by atoms with Gasteiger partial charge in [0.05, 0.1) is 18.6 Å². The molecule has 2 rings (SSSR count). The molecule has 1 aromatic rings. The number of carbonyl (C=O) groups excluding carboxylic acids is 1. The lowest BCUT2D eigenvalue weighted by Crippen LogP contribution is -2.46. The highest BCUT2D eigenvalue weighted by Gasteiger charge is 2.25. The van der Waals surface area contributed by atoms with Crippen molar-refractivity contribution in [2.75, 3.05) is 25.6 Å². The van der Waals surface area contributed by atoms with Gasteiger partial charge in [-0.3, -0.25) is 4.79 Å². The minimum atomic E-state index is -0.397.